The fourth-order valence-electron chi connectivity index (χ4n) is 6.27. The number of rotatable bonds is 8. The molecule has 0 N–H and O–H groups in total. The van der Waals surface area contributed by atoms with Crippen molar-refractivity contribution in [1.29, 1.82) is 0 Å². The molecule has 0 saturated carbocycles. The summed E-state index contributed by atoms with van der Waals surface area (Å²) in [5, 5.41) is 4.46. The maximum absolute atomic E-state index is 6.28. The highest BCUT2D eigenvalue weighted by atomic mass is 16.3. The molecule has 0 aliphatic carbocycles. The number of allylic oxidation sites excluding steroid dienone is 5. The van der Waals surface area contributed by atoms with E-state index in [1.54, 1.807) is 6.08 Å². The van der Waals surface area contributed by atoms with Gasteiger partial charge < -0.3 is 4.42 Å². The molecule has 48 heavy (non-hydrogen) atoms. The van der Waals surface area contributed by atoms with Crippen LogP contribution in [0.15, 0.2) is 175 Å². The zero-order chi connectivity index (χ0) is 32.3. The first kappa shape index (κ1) is 29.0. The molecule has 4 heteroatoms. The van der Waals surface area contributed by atoms with Crippen LogP contribution in [0.3, 0.4) is 0 Å². The van der Waals surface area contributed by atoms with Gasteiger partial charge in [-0.05, 0) is 64.2 Å². The van der Waals surface area contributed by atoms with E-state index >= 15 is 0 Å². The number of hydrogen-bond acceptors (Lipinski definition) is 4. The molecule has 6 aromatic carbocycles. The van der Waals surface area contributed by atoms with Crippen LogP contribution in [0.4, 0.5) is 0 Å². The topological polar surface area (TPSA) is 51.8 Å². The zero-order valence-electron chi connectivity index (χ0n) is 26.3. The Morgan fingerprint density at radius 3 is 2.06 bits per heavy atom. The second-order valence-corrected chi connectivity index (χ2v) is 11.6. The number of furan rings is 1. The van der Waals surface area contributed by atoms with Crippen LogP contribution in [0.1, 0.15) is 5.56 Å². The molecule has 2 aromatic heterocycles. The lowest BCUT2D eigenvalue weighted by Gasteiger charge is -2.13. The predicted molar refractivity (Wildman–Crippen MR) is 199 cm³/mol. The minimum Gasteiger partial charge on any atom is -0.456 e. The van der Waals surface area contributed by atoms with Gasteiger partial charge in [0.05, 0.1) is 0 Å². The van der Waals surface area contributed by atoms with Crippen LogP contribution in [0, 0.1) is 0 Å². The molecule has 0 aliphatic heterocycles. The lowest BCUT2D eigenvalue weighted by molar-refractivity contribution is 0.669. The molecule has 0 atom stereocenters. The van der Waals surface area contributed by atoms with Gasteiger partial charge in [0, 0.05) is 27.5 Å². The van der Waals surface area contributed by atoms with Crippen LogP contribution in [-0.2, 0) is 6.42 Å². The van der Waals surface area contributed by atoms with Crippen molar-refractivity contribution in [2.75, 3.05) is 0 Å². The van der Waals surface area contributed by atoms with E-state index in [1.165, 1.54) is 5.56 Å². The van der Waals surface area contributed by atoms with Gasteiger partial charge in [-0.25, -0.2) is 15.0 Å². The summed E-state index contributed by atoms with van der Waals surface area (Å²) < 4.78 is 6.28. The Hall–Kier alpha value is -6.39. The third kappa shape index (κ3) is 5.61. The maximum atomic E-state index is 6.28. The molecule has 0 saturated heterocycles. The van der Waals surface area contributed by atoms with Crippen LogP contribution in [0.25, 0.3) is 78.0 Å². The summed E-state index contributed by atoms with van der Waals surface area (Å²) in [4.78, 5) is 15.2. The SMILES string of the molecule is C=C/C=C\C=C/Cc1cccc(-c2nc(-c3ccccc3)nc(-c3cc(-c4cccc5oc6ccccc6c45)c4ccccc4c3)n2)c1. The van der Waals surface area contributed by atoms with Crippen molar-refractivity contribution >= 4 is 32.7 Å². The van der Waals surface area contributed by atoms with E-state index in [4.69, 9.17) is 19.4 Å². The molecule has 0 aliphatic rings. The number of nitrogens with zero attached hydrogens (tertiary/aromatic N) is 3. The summed E-state index contributed by atoms with van der Waals surface area (Å²) in [5.74, 6) is 1.89. The highest BCUT2D eigenvalue weighted by Gasteiger charge is 2.18. The lowest BCUT2D eigenvalue weighted by atomic mass is 9.92. The van der Waals surface area contributed by atoms with Crippen molar-refractivity contribution in [2.45, 2.75) is 6.42 Å². The van der Waals surface area contributed by atoms with Gasteiger partial charge in [0.15, 0.2) is 17.5 Å². The molecule has 0 amide bonds. The van der Waals surface area contributed by atoms with E-state index in [1.807, 2.05) is 66.8 Å². The van der Waals surface area contributed by atoms with Crippen LogP contribution < -0.4 is 0 Å². The van der Waals surface area contributed by atoms with Gasteiger partial charge in [0.1, 0.15) is 11.2 Å². The first-order chi connectivity index (χ1) is 23.7. The van der Waals surface area contributed by atoms with Crippen molar-refractivity contribution in [1.82, 2.24) is 15.0 Å². The van der Waals surface area contributed by atoms with E-state index in [0.29, 0.717) is 17.5 Å². The fraction of sp³-hybridized carbons (Fsp3) is 0.0227. The zero-order valence-corrected chi connectivity index (χ0v) is 26.3. The highest BCUT2D eigenvalue weighted by Crippen LogP contribution is 2.41. The van der Waals surface area contributed by atoms with Gasteiger partial charge in [-0.2, -0.15) is 0 Å². The summed E-state index contributed by atoms with van der Waals surface area (Å²) in [6.45, 7) is 3.73. The molecule has 4 nitrogen and oxygen atoms in total. The Morgan fingerprint density at radius 1 is 0.521 bits per heavy atom. The average molecular weight is 618 g/mol. The number of para-hydroxylation sites is 1. The third-order valence-corrected chi connectivity index (χ3v) is 8.51. The molecule has 0 radical (unpaired) electrons. The summed E-state index contributed by atoms with van der Waals surface area (Å²) >= 11 is 0. The Labute approximate surface area is 279 Å². The van der Waals surface area contributed by atoms with Crippen molar-refractivity contribution in [3.8, 4) is 45.3 Å². The quantitative estimate of drug-likeness (QED) is 0.159. The normalized spacial score (nSPS) is 11.8. The Morgan fingerprint density at radius 2 is 1.21 bits per heavy atom. The van der Waals surface area contributed by atoms with Crippen LogP contribution >= 0.6 is 0 Å². The molecule has 2 heterocycles. The minimum atomic E-state index is 0.620. The first-order valence-corrected chi connectivity index (χ1v) is 16.0. The van der Waals surface area contributed by atoms with Crippen molar-refractivity contribution in [2.24, 2.45) is 0 Å². The molecule has 0 unspecified atom stereocenters. The standard InChI is InChI=1S/C44H31N3O/c1-2-3-4-5-7-16-30-17-14-21-33(27-30)43-45-42(31-18-8-6-9-19-31)46-44(47-43)34-28-32-20-10-11-22-35(32)38(29-34)36-24-15-26-40-41(36)37-23-12-13-25-39(37)48-40/h2-15,17-29H,1,16H2/b4-3-,7-5-. The van der Waals surface area contributed by atoms with E-state index in [2.05, 4.69) is 97.6 Å². The third-order valence-electron chi connectivity index (χ3n) is 8.51. The largest absolute Gasteiger partial charge is 0.456 e. The smallest absolute Gasteiger partial charge is 0.164 e. The molecule has 0 bridgehead atoms. The average Bonchev–Trinajstić information content (AvgIpc) is 3.54. The molecule has 8 aromatic rings. The first-order valence-electron chi connectivity index (χ1n) is 16.0. The summed E-state index contributed by atoms with van der Waals surface area (Å²) in [5.41, 5.74) is 7.92. The minimum absolute atomic E-state index is 0.620. The number of benzene rings is 6. The van der Waals surface area contributed by atoms with Crippen molar-refractivity contribution < 1.29 is 4.42 Å². The Bertz CT molecular complexity index is 2510. The molecule has 228 valence electrons. The van der Waals surface area contributed by atoms with Crippen LogP contribution in [0.5, 0.6) is 0 Å². The van der Waals surface area contributed by atoms with E-state index < -0.39 is 0 Å². The van der Waals surface area contributed by atoms with Crippen molar-refractivity contribution in [3.63, 3.8) is 0 Å². The predicted octanol–water partition coefficient (Wildman–Crippen LogP) is 11.4. The van der Waals surface area contributed by atoms with Crippen LogP contribution in [-0.4, -0.2) is 15.0 Å². The summed E-state index contributed by atoms with van der Waals surface area (Å²) in [6, 6.07) is 45.9. The second-order valence-electron chi connectivity index (χ2n) is 11.6. The maximum Gasteiger partial charge on any atom is 0.164 e. The molecule has 8 rings (SSSR count). The number of fused-ring (bicyclic) bond motifs is 4. The second kappa shape index (κ2) is 12.8. The van der Waals surface area contributed by atoms with Crippen molar-refractivity contribution in [3.05, 3.63) is 176 Å². The van der Waals surface area contributed by atoms with Gasteiger partial charge in [0.25, 0.3) is 0 Å². The Balaban J connectivity index is 1.32. The number of aromatic nitrogens is 3. The van der Waals surface area contributed by atoms with Gasteiger partial charge in [-0.3, -0.25) is 0 Å². The molecular weight excluding hydrogens is 587 g/mol. The lowest BCUT2D eigenvalue weighted by Crippen LogP contribution is -2.01. The highest BCUT2D eigenvalue weighted by molar-refractivity contribution is 6.15. The van der Waals surface area contributed by atoms with Gasteiger partial charge in [-0.15, -0.1) is 0 Å². The number of hydrogen-bond donors (Lipinski definition) is 0. The fourth-order valence-corrected chi connectivity index (χ4v) is 6.27. The monoisotopic (exact) mass is 617 g/mol. The molecule has 0 fully saturated rings. The van der Waals surface area contributed by atoms with Crippen LogP contribution in [0.2, 0.25) is 0 Å². The molecular formula is C44H31N3O. The summed E-state index contributed by atoms with van der Waals surface area (Å²) in [6.07, 6.45) is 10.6. The van der Waals surface area contributed by atoms with Gasteiger partial charge in [-0.1, -0.05) is 140 Å². The van der Waals surface area contributed by atoms with Gasteiger partial charge >= 0.3 is 0 Å². The van der Waals surface area contributed by atoms with E-state index in [-0.39, 0.29) is 0 Å². The Kier molecular flexibility index (Phi) is 7.73. The molecule has 0 spiro atoms. The summed E-state index contributed by atoms with van der Waals surface area (Å²) in [7, 11) is 0. The van der Waals surface area contributed by atoms with E-state index in [0.717, 1.165) is 66.9 Å². The van der Waals surface area contributed by atoms with Gasteiger partial charge in [0.2, 0.25) is 0 Å². The van der Waals surface area contributed by atoms with E-state index in [9.17, 15) is 0 Å².